The van der Waals surface area contributed by atoms with Crippen molar-refractivity contribution in [3.8, 4) is 0 Å². The molecule has 1 fully saturated rings. The number of sulfonamides is 1. The number of benzene rings is 2. The van der Waals surface area contributed by atoms with E-state index in [1.165, 1.54) is 47.0 Å². The fourth-order valence-electron chi connectivity index (χ4n) is 4.24. The minimum absolute atomic E-state index is 0.167. The number of ether oxygens (including phenoxy) is 2. The maximum Gasteiger partial charge on any atom is 0.337 e. The highest BCUT2D eigenvalue weighted by Gasteiger charge is 2.28. The van der Waals surface area contributed by atoms with Crippen LogP contribution in [-0.4, -0.2) is 63.1 Å². The summed E-state index contributed by atoms with van der Waals surface area (Å²) in [6.07, 6.45) is 1.86. The van der Waals surface area contributed by atoms with E-state index in [-0.39, 0.29) is 10.5 Å². The first-order valence-electron chi connectivity index (χ1n) is 11.6. The van der Waals surface area contributed by atoms with Gasteiger partial charge in [-0.2, -0.15) is 9.30 Å². The van der Waals surface area contributed by atoms with Crippen LogP contribution in [0.4, 0.5) is 0 Å². The third-order valence-corrected chi connectivity index (χ3v) is 9.10. The van der Waals surface area contributed by atoms with Crippen molar-refractivity contribution in [1.82, 2.24) is 8.87 Å². The van der Waals surface area contributed by atoms with Gasteiger partial charge in [-0.15, -0.1) is 0 Å². The lowest BCUT2D eigenvalue weighted by Crippen LogP contribution is -2.39. The molecule has 9 nitrogen and oxygen atoms in total. The Morgan fingerprint density at radius 3 is 2.50 bits per heavy atom. The minimum atomic E-state index is -3.61. The largest absolute Gasteiger partial charge is 0.465 e. The van der Waals surface area contributed by atoms with E-state index in [2.05, 4.69) is 4.99 Å². The predicted octanol–water partition coefficient (Wildman–Crippen LogP) is 3.30. The van der Waals surface area contributed by atoms with E-state index in [1.807, 2.05) is 11.5 Å². The van der Waals surface area contributed by atoms with Crippen molar-refractivity contribution in [3.63, 3.8) is 0 Å². The van der Waals surface area contributed by atoms with E-state index >= 15 is 0 Å². The first kappa shape index (κ1) is 26.2. The van der Waals surface area contributed by atoms with Gasteiger partial charge in [-0.05, 0) is 61.2 Å². The van der Waals surface area contributed by atoms with E-state index in [9.17, 15) is 18.0 Å². The zero-order chi connectivity index (χ0) is 25.9. The van der Waals surface area contributed by atoms with Gasteiger partial charge < -0.3 is 14.0 Å². The zero-order valence-corrected chi connectivity index (χ0v) is 22.1. The SMILES string of the molecule is COCCn1c(=NC(=O)c2ccc(S(=O)(=O)N3CCCC(C)C3)cc2)sc2cc(C(=O)OC)ccc21. The number of fused-ring (bicyclic) bond motifs is 1. The van der Waals surface area contributed by atoms with Gasteiger partial charge in [0.15, 0.2) is 4.80 Å². The number of amides is 1. The molecule has 1 saturated heterocycles. The van der Waals surface area contributed by atoms with Crippen LogP contribution in [0, 0.1) is 5.92 Å². The number of piperidine rings is 1. The summed E-state index contributed by atoms with van der Waals surface area (Å²) in [6.45, 7) is 3.94. The molecular weight excluding hydrogens is 502 g/mol. The number of carbonyl (C=O) groups excluding carboxylic acids is 2. The van der Waals surface area contributed by atoms with Crippen molar-refractivity contribution in [3.05, 3.63) is 58.4 Å². The van der Waals surface area contributed by atoms with Crippen molar-refractivity contribution in [1.29, 1.82) is 0 Å². The van der Waals surface area contributed by atoms with Crippen molar-refractivity contribution in [2.45, 2.75) is 31.2 Å². The second-order valence-electron chi connectivity index (χ2n) is 8.75. The summed E-state index contributed by atoms with van der Waals surface area (Å²) in [7, 11) is -0.694. The molecule has 4 rings (SSSR count). The molecule has 0 spiro atoms. The summed E-state index contributed by atoms with van der Waals surface area (Å²) >= 11 is 1.28. The highest BCUT2D eigenvalue weighted by atomic mass is 32.2. The van der Waals surface area contributed by atoms with Gasteiger partial charge in [-0.3, -0.25) is 4.79 Å². The number of carbonyl (C=O) groups is 2. The molecule has 1 amide bonds. The summed E-state index contributed by atoms with van der Waals surface area (Å²) in [5.74, 6) is -0.614. The average molecular weight is 532 g/mol. The molecule has 0 N–H and O–H groups in total. The molecule has 192 valence electrons. The second kappa shape index (κ2) is 11.0. The van der Waals surface area contributed by atoms with E-state index in [4.69, 9.17) is 9.47 Å². The van der Waals surface area contributed by atoms with Crippen LogP contribution in [0.15, 0.2) is 52.4 Å². The van der Waals surface area contributed by atoms with Crippen LogP contribution in [-0.2, 0) is 26.0 Å². The monoisotopic (exact) mass is 531 g/mol. The van der Waals surface area contributed by atoms with Crippen LogP contribution < -0.4 is 4.80 Å². The molecule has 1 aliphatic heterocycles. The topological polar surface area (TPSA) is 107 Å². The number of aromatic nitrogens is 1. The minimum Gasteiger partial charge on any atom is -0.465 e. The average Bonchev–Trinajstić information content (AvgIpc) is 3.22. The smallest absolute Gasteiger partial charge is 0.337 e. The third kappa shape index (κ3) is 5.44. The summed E-state index contributed by atoms with van der Waals surface area (Å²) < 4.78 is 40.2. The maximum atomic E-state index is 13.0. The number of esters is 1. The second-order valence-corrected chi connectivity index (χ2v) is 11.7. The first-order valence-corrected chi connectivity index (χ1v) is 13.9. The van der Waals surface area contributed by atoms with Crippen LogP contribution in [0.2, 0.25) is 0 Å². The third-order valence-electron chi connectivity index (χ3n) is 6.18. The van der Waals surface area contributed by atoms with Gasteiger partial charge in [0, 0.05) is 32.3 Å². The molecule has 1 unspecified atom stereocenters. The van der Waals surface area contributed by atoms with Gasteiger partial charge >= 0.3 is 5.97 Å². The molecule has 2 aromatic carbocycles. The Bertz CT molecular complexity index is 1440. The first-order chi connectivity index (χ1) is 17.2. The number of nitrogens with zero attached hydrogens (tertiary/aromatic N) is 3. The summed E-state index contributed by atoms with van der Waals surface area (Å²) in [6, 6.07) is 11.1. The van der Waals surface area contributed by atoms with E-state index in [0.29, 0.717) is 42.5 Å². The molecule has 1 aromatic heterocycles. The quantitative estimate of drug-likeness (QED) is 0.433. The highest BCUT2D eigenvalue weighted by molar-refractivity contribution is 7.89. The standard InChI is InChI=1S/C25H29N3O6S2/c1-17-5-4-12-27(16-17)36(31,32)20-9-6-18(7-10-20)23(29)26-25-28(13-14-33-2)21-11-8-19(24(30)34-3)15-22(21)35-25/h6-11,15,17H,4-5,12-14,16H2,1-3H3. The lowest BCUT2D eigenvalue weighted by molar-refractivity contribution is 0.0600. The Morgan fingerprint density at radius 1 is 1.11 bits per heavy atom. The van der Waals surface area contributed by atoms with Gasteiger partial charge in [0.2, 0.25) is 10.0 Å². The van der Waals surface area contributed by atoms with Gasteiger partial charge in [0.05, 0.1) is 34.4 Å². The molecule has 0 radical (unpaired) electrons. The Hall–Kier alpha value is -2.86. The van der Waals surface area contributed by atoms with Crippen molar-refractivity contribution >= 4 is 43.5 Å². The summed E-state index contributed by atoms with van der Waals surface area (Å²) in [4.78, 5) is 29.9. The summed E-state index contributed by atoms with van der Waals surface area (Å²) in [5.41, 5.74) is 1.50. The molecule has 0 saturated carbocycles. The van der Waals surface area contributed by atoms with Crippen molar-refractivity contribution < 1.29 is 27.5 Å². The molecule has 1 aliphatic rings. The van der Waals surface area contributed by atoms with E-state index in [1.54, 1.807) is 25.3 Å². The normalized spacial score (nSPS) is 17.4. The van der Waals surface area contributed by atoms with Crippen molar-refractivity contribution in [2.24, 2.45) is 10.9 Å². The van der Waals surface area contributed by atoms with Gasteiger partial charge in [0.25, 0.3) is 5.91 Å². The Labute approximate surface area is 214 Å². The molecule has 0 aliphatic carbocycles. The van der Waals surface area contributed by atoms with Gasteiger partial charge in [-0.1, -0.05) is 18.3 Å². The van der Waals surface area contributed by atoms with Crippen LogP contribution in [0.1, 0.15) is 40.5 Å². The number of hydrogen-bond acceptors (Lipinski definition) is 7. The number of hydrogen-bond donors (Lipinski definition) is 0. The molecule has 11 heteroatoms. The van der Waals surface area contributed by atoms with Crippen LogP contribution in [0.3, 0.4) is 0 Å². The summed E-state index contributed by atoms with van der Waals surface area (Å²) in [5, 5.41) is 0. The fourth-order valence-corrected chi connectivity index (χ4v) is 6.93. The lowest BCUT2D eigenvalue weighted by atomic mass is 10.0. The Kier molecular flexibility index (Phi) is 8.04. The number of methoxy groups -OCH3 is 2. The fraction of sp³-hybridized carbons (Fsp3) is 0.400. The number of rotatable bonds is 7. The molecule has 36 heavy (non-hydrogen) atoms. The van der Waals surface area contributed by atoms with E-state index < -0.39 is 21.9 Å². The van der Waals surface area contributed by atoms with Crippen LogP contribution in [0.5, 0.6) is 0 Å². The Morgan fingerprint density at radius 2 is 1.83 bits per heavy atom. The molecular formula is C25H29N3O6S2. The Balaban J connectivity index is 1.65. The predicted molar refractivity (Wildman–Crippen MR) is 137 cm³/mol. The molecule has 1 atom stereocenters. The van der Waals surface area contributed by atoms with E-state index in [0.717, 1.165) is 23.1 Å². The molecule has 3 aromatic rings. The maximum absolute atomic E-state index is 13.0. The molecule has 0 bridgehead atoms. The van der Waals surface area contributed by atoms with Crippen LogP contribution >= 0.6 is 11.3 Å². The highest BCUT2D eigenvalue weighted by Crippen LogP contribution is 2.24. The van der Waals surface area contributed by atoms with Crippen LogP contribution in [0.25, 0.3) is 10.2 Å². The number of thiazole rings is 1. The lowest BCUT2D eigenvalue weighted by Gasteiger charge is -2.30. The molecule has 2 heterocycles. The van der Waals surface area contributed by atoms with Crippen molar-refractivity contribution in [2.75, 3.05) is 33.9 Å². The van der Waals surface area contributed by atoms with Gasteiger partial charge in [0.1, 0.15) is 0 Å². The van der Waals surface area contributed by atoms with Gasteiger partial charge in [-0.25, -0.2) is 13.2 Å². The zero-order valence-electron chi connectivity index (χ0n) is 20.5.